The van der Waals surface area contributed by atoms with Crippen molar-refractivity contribution in [3.05, 3.63) is 64.0 Å². The van der Waals surface area contributed by atoms with Gasteiger partial charge in [0, 0.05) is 10.6 Å². The zero-order chi connectivity index (χ0) is 14.7. The molecule has 0 saturated carbocycles. The summed E-state index contributed by atoms with van der Waals surface area (Å²) in [6, 6.07) is 7.71. The summed E-state index contributed by atoms with van der Waals surface area (Å²) >= 11 is 1.63. The molecule has 0 aliphatic rings. The van der Waals surface area contributed by atoms with Crippen LogP contribution in [0.4, 0.5) is 0 Å². The Morgan fingerprint density at radius 3 is 2.90 bits per heavy atom. The number of aromatic nitrogens is 2. The van der Waals surface area contributed by atoms with Crippen LogP contribution in [0, 0.1) is 6.92 Å². The van der Waals surface area contributed by atoms with Crippen molar-refractivity contribution in [1.82, 2.24) is 15.1 Å². The molecule has 5 nitrogen and oxygen atoms in total. The van der Waals surface area contributed by atoms with E-state index in [0.717, 1.165) is 16.3 Å². The third-order valence-corrected chi connectivity index (χ3v) is 4.06. The number of thiophene rings is 1. The van der Waals surface area contributed by atoms with Crippen LogP contribution in [0.25, 0.3) is 0 Å². The molecule has 0 bridgehead atoms. The summed E-state index contributed by atoms with van der Waals surface area (Å²) in [6.45, 7) is 2.84. The van der Waals surface area contributed by atoms with Crippen molar-refractivity contribution in [2.75, 3.05) is 0 Å². The monoisotopic (exact) mass is 301 g/mol. The SMILES string of the molecule is Cc1[nH]ncc1C(=O)N(Cc1ccco1)Cc1cccs1. The fraction of sp³-hybridized carbons (Fsp3) is 0.200. The molecule has 108 valence electrons. The fourth-order valence-electron chi connectivity index (χ4n) is 2.12. The number of hydrogen-bond acceptors (Lipinski definition) is 4. The second-order valence-corrected chi connectivity index (χ2v) is 5.76. The van der Waals surface area contributed by atoms with Crippen LogP contribution >= 0.6 is 11.3 Å². The molecule has 0 spiro atoms. The molecule has 0 fully saturated rings. The Morgan fingerprint density at radius 2 is 2.29 bits per heavy atom. The van der Waals surface area contributed by atoms with E-state index < -0.39 is 0 Å². The van der Waals surface area contributed by atoms with Crippen molar-refractivity contribution < 1.29 is 9.21 Å². The Labute approximate surface area is 126 Å². The quantitative estimate of drug-likeness (QED) is 0.787. The number of rotatable bonds is 5. The third kappa shape index (κ3) is 3.05. The van der Waals surface area contributed by atoms with E-state index >= 15 is 0 Å². The number of H-pyrrole nitrogens is 1. The molecule has 0 aliphatic carbocycles. The lowest BCUT2D eigenvalue weighted by molar-refractivity contribution is 0.0719. The summed E-state index contributed by atoms with van der Waals surface area (Å²) in [5, 5.41) is 8.74. The van der Waals surface area contributed by atoms with Crippen molar-refractivity contribution in [2.45, 2.75) is 20.0 Å². The van der Waals surface area contributed by atoms with Gasteiger partial charge in [0.05, 0.1) is 31.1 Å². The average molecular weight is 301 g/mol. The number of carbonyl (C=O) groups excluding carboxylic acids is 1. The van der Waals surface area contributed by atoms with Crippen molar-refractivity contribution in [3.63, 3.8) is 0 Å². The number of nitrogens with zero attached hydrogens (tertiary/aromatic N) is 2. The predicted octanol–water partition coefficient (Wildman–Crippen LogP) is 3.22. The maximum absolute atomic E-state index is 12.7. The van der Waals surface area contributed by atoms with Gasteiger partial charge in [-0.2, -0.15) is 5.10 Å². The number of amides is 1. The highest BCUT2D eigenvalue weighted by Crippen LogP contribution is 2.18. The van der Waals surface area contributed by atoms with E-state index in [1.807, 2.05) is 36.6 Å². The number of furan rings is 1. The second-order valence-electron chi connectivity index (χ2n) is 4.73. The number of hydrogen-bond donors (Lipinski definition) is 1. The van der Waals surface area contributed by atoms with Gasteiger partial charge in [-0.1, -0.05) is 6.07 Å². The first-order chi connectivity index (χ1) is 10.2. The van der Waals surface area contributed by atoms with E-state index in [0.29, 0.717) is 18.7 Å². The molecule has 6 heteroatoms. The molecule has 0 saturated heterocycles. The molecule has 0 aliphatic heterocycles. The lowest BCUT2D eigenvalue weighted by Crippen LogP contribution is -2.29. The van der Waals surface area contributed by atoms with Crippen LogP contribution in [-0.4, -0.2) is 21.0 Å². The largest absolute Gasteiger partial charge is 0.467 e. The highest BCUT2D eigenvalue weighted by molar-refractivity contribution is 7.09. The Bertz CT molecular complexity index is 665. The normalized spacial score (nSPS) is 10.7. The predicted molar refractivity (Wildman–Crippen MR) is 79.9 cm³/mol. The molecule has 3 aromatic rings. The number of carbonyl (C=O) groups is 1. The summed E-state index contributed by atoms with van der Waals surface area (Å²) < 4.78 is 5.37. The number of aryl methyl sites for hydroxylation is 1. The van der Waals surface area contributed by atoms with Gasteiger partial charge in [-0.25, -0.2) is 0 Å². The van der Waals surface area contributed by atoms with Crippen molar-refractivity contribution >= 4 is 17.2 Å². The molecular weight excluding hydrogens is 286 g/mol. The molecule has 0 unspecified atom stereocenters. The molecule has 3 aromatic heterocycles. The zero-order valence-corrected chi connectivity index (χ0v) is 12.4. The number of aromatic amines is 1. The van der Waals surface area contributed by atoms with Gasteiger partial charge in [0.1, 0.15) is 5.76 Å². The lowest BCUT2D eigenvalue weighted by atomic mass is 10.2. The maximum Gasteiger partial charge on any atom is 0.258 e. The maximum atomic E-state index is 12.7. The average Bonchev–Trinajstić information content (AvgIpc) is 3.19. The van der Waals surface area contributed by atoms with Crippen LogP contribution in [0.5, 0.6) is 0 Å². The molecule has 3 heterocycles. The summed E-state index contributed by atoms with van der Waals surface area (Å²) in [4.78, 5) is 15.6. The van der Waals surface area contributed by atoms with E-state index in [1.165, 1.54) is 0 Å². The summed E-state index contributed by atoms with van der Waals surface area (Å²) in [5.41, 5.74) is 1.37. The fourth-order valence-corrected chi connectivity index (χ4v) is 2.84. The van der Waals surface area contributed by atoms with Crippen molar-refractivity contribution in [1.29, 1.82) is 0 Å². The van der Waals surface area contributed by atoms with Crippen LogP contribution < -0.4 is 0 Å². The van der Waals surface area contributed by atoms with Gasteiger partial charge in [0.25, 0.3) is 5.91 Å². The van der Waals surface area contributed by atoms with Crippen molar-refractivity contribution in [2.24, 2.45) is 0 Å². The Balaban J connectivity index is 1.84. The van der Waals surface area contributed by atoms with Gasteiger partial charge in [-0.3, -0.25) is 9.89 Å². The lowest BCUT2D eigenvalue weighted by Gasteiger charge is -2.20. The minimum atomic E-state index is -0.0500. The molecule has 21 heavy (non-hydrogen) atoms. The zero-order valence-electron chi connectivity index (χ0n) is 11.6. The van der Waals surface area contributed by atoms with Gasteiger partial charge in [-0.05, 0) is 30.5 Å². The Morgan fingerprint density at radius 1 is 1.38 bits per heavy atom. The van der Waals surface area contributed by atoms with Gasteiger partial charge in [0.15, 0.2) is 0 Å². The van der Waals surface area contributed by atoms with Crippen LogP contribution in [-0.2, 0) is 13.1 Å². The van der Waals surface area contributed by atoms with Gasteiger partial charge in [0.2, 0.25) is 0 Å². The first kappa shape index (κ1) is 13.6. The standard InChI is InChI=1S/C15H15N3O2S/c1-11-14(8-16-17-11)15(19)18(9-12-4-2-6-20-12)10-13-5-3-7-21-13/h2-8H,9-10H2,1H3,(H,16,17). The first-order valence-electron chi connectivity index (χ1n) is 6.58. The topological polar surface area (TPSA) is 62.1 Å². The molecule has 0 aromatic carbocycles. The summed E-state index contributed by atoms with van der Waals surface area (Å²) in [6.07, 6.45) is 3.19. The third-order valence-electron chi connectivity index (χ3n) is 3.20. The van der Waals surface area contributed by atoms with E-state index in [-0.39, 0.29) is 5.91 Å². The smallest absolute Gasteiger partial charge is 0.258 e. The Kier molecular flexibility index (Phi) is 3.87. The molecule has 1 amide bonds. The Hall–Kier alpha value is -2.34. The highest BCUT2D eigenvalue weighted by atomic mass is 32.1. The summed E-state index contributed by atoms with van der Waals surface area (Å²) in [7, 11) is 0. The van der Waals surface area contributed by atoms with Crippen LogP contribution in [0.3, 0.4) is 0 Å². The van der Waals surface area contributed by atoms with E-state index in [2.05, 4.69) is 10.2 Å². The highest BCUT2D eigenvalue weighted by Gasteiger charge is 2.20. The molecular formula is C15H15N3O2S. The minimum Gasteiger partial charge on any atom is -0.467 e. The molecule has 3 rings (SSSR count). The van der Waals surface area contributed by atoms with Crippen LogP contribution in [0.1, 0.15) is 26.7 Å². The first-order valence-corrected chi connectivity index (χ1v) is 7.46. The summed E-state index contributed by atoms with van der Waals surface area (Å²) in [5.74, 6) is 0.715. The van der Waals surface area contributed by atoms with E-state index in [9.17, 15) is 4.79 Å². The van der Waals surface area contributed by atoms with E-state index in [4.69, 9.17) is 4.42 Å². The second kappa shape index (κ2) is 5.97. The van der Waals surface area contributed by atoms with Crippen molar-refractivity contribution in [3.8, 4) is 0 Å². The van der Waals surface area contributed by atoms with Crippen LogP contribution in [0.15, 0.2) is 46.5 Å². The molecule has 0 radical (unpaired) electrons. The van der Waals surface area contributed by atoms with Crippen LogP contribution in [0.2, 0.25) is 0 Å². The van der Waals surface area contributed by atoms with Gasteiger partial charge in [-0.15, -0.1) is 11.3 Å². The minimum absolute atomic E-state index is 0.0500. The number of nitrogens with one attached hydrogen (secondary N) is 1. The molecule has 0 atom stereocenters. The van der Waals surface area contributed by atoms with E-state index in [1.54, 1.807) is 28.7 Å². The van der Waals surface area contributed by atoms with Gasteiger partial charge < -0.3 is 9.32 Å². The molecule has 1 N–H and O–H groups in total. The van der Waals surface area contributed by atoms with Gasteiger partial charge >= 0.3 is 0 Å².